The Kier molecular flexibility index (Phi) is 4.73. The van der Waals surface area contributed by atoms with Crippen LogP contribution in [-0.2, 0) is 6.54 Å². The van der Waals surface area contributed by atoms with Crippen molar-refractivity contribution in [2.45, 2.75) is 26.5 Å². The van der Waals surface area contributed by atoms with Crippen LogP contribution in [0.4, 0.5) is 0 Å². The zero-order valence-corrected chi connectivity index (χ0v) is 9.29. The van der Waals surface area contributed by atoms with Gasteiger partial charge in [0.2, 0.25) is 0 Å². The Hall–Kier alpha value is -1.46. The van der Waals surface area contributed by atoms with Gasteiger partial charge in [0, 0.05) is 12.1 Å². The van der Waals surface area contributed by atoms with Crippen LogP contribution < -0.4 is 10.1 Å². The quantitative estimate of drug-likeness (QED) is 0.585. The van der Waals surface area contributed by atoms with E-state index >= 15 is 0 Å². The highest BCUT2D eigenvalue weighted by Gasteiger charge is 2.03. The first-order chi connectivity index (χ1) is 7.24. The van der Waals surface area contributed by atoms with Gasteiger partial charge in [-0.15, -0.1) is 6.42 Å². The lowest BCUT2D eigenvalue weighted by Crippen LogP contribution is -2.15. The number of rotatable bonds is 5. The van der Waals surface area contributed by atoms with Crippen molar-refractivity contribution in [2.24, 2.45) is 0 Å². The van der Waals surface area contributed by atoms with E-state index in [1.807, 2.05) is 38.1 Å². The predicted octanol–water partition coefficient (Wildman–Crippen LogP) is 2.20. The van der Waals surface area contributed by atoms with Crippen LogP contribution in [0, 0.1) is 12.3 Å². The van der Waals surface area contributed by atoms with E-state index in [4.69, 9.17) is 11.2 Å². The van der Waals surface area contributed by atoms with Crippen molar-refractivity contribution in [3.8, 4) is 18.1 Å². The molecule has 2 nitrogen and oxygen atoms in total. The molecule has 0 radical (unpaired) electrons. The summed E-state index contributed by atoms with van der Waals surface area (Å²) in [6.07, 6.45) is 5.36. The fourth-order valence-corrected chi connectivity index (χ4v) is 1.29. The van der Waals surface area contributed by atoms with E-state index < -0.39 is 0 Å². The second kappa shape index (κ2) is 6.10. The maximum atomic E-state index is 5.68. The summed E-state index contributed by atoms with van der Waals surface area (Å²) in [4.78, 5) is 0. The van der Waals surface area contributed by atoms with Crippen molar-refractivity contribution in [3.05, 3.63) is 29.8 Å². The maximum absolute atomic E-state index is 5.68. The molecule has 1 N–H and O–H groups in total. The number of benzene rings is 1. The van der Waals surface area contributed by atoms with Crippen LogP contribution in [0.25, 0.3) is 0 Å². The predicted molar refractivity (Wildman–Crippen MR) is 62.7 cm³/mol. The highest BCUT2D eigenvalue weighted by Crippen LogP contribution is 2.18. The van der Waals surface area contributed by atoms with Gasteiger partial charge < -0.3 is 10.1 Å². The molecule has 0 aliphatic carbocycles. The van der Waals surface area contributed by atoms with Crippen LogP contribution in [0.15, 0.2) is 24.3 Å². The Morgan fingerprint density at radius 3 is 2.80 bits per heavy atom. The van der Waals surface area contributed by atoms with Crippen molar-refractivity contribution < 1.29 is 4.74 Å². The van der Waals surface area contributed by atoms with Gasteiger partial charge in [0.25, 0.3) is 0 Å². The number of para-hydroxylation sites is 1. The van der Waals surface area contributed by atoms with Crippen molar-refractivity contribution in [1.82, 2.24) is 5.32 Å². The minimum absolute atomic E-state index is 0.193. The lowest BCUT2D eigenvalue weighted by molar-refractivity contribution is 0.239. The molecule has 1 aromatic rings. The molecule has 0 amide bonds. The van der Waals surface area contributed by atoms with Gasteiger partial charge in [-0.3, -0.25) is 0 Å². The van der Waals surface area contributed by atoms with Gasteiger partial charge in [0.05, 0.1) is 12.6 Å². The van der Waals surface area contributed by atoms with Gasteiger partial charge in [-0.2, -0.15) is 0 Å². The molecule has 0 aliphatic heterocycles. The summed E-state index contributed by atoms with van der Waals surface area (Å²) in [5.41, 5.74) is 1.14. The minimum Gasteiger partial charge on any atom is -0.491 e. The molecule has 15 heavy (non-hydrogen) atoms. The van der Waals surface area contributed by atoms with Gasteiger partial charge in [0.1, 0.15) is 5.75 Å². The molecule has 0 saturated heterocycles. The Morgan fingerprint density at radius 2 is 2.13 bits per heavy atom. The number of ether oxygens (including phenoxy) is 1. The third kappa shape index (κ3) is 4.05. The number of nitrogens with one attached hydrogen (secondary N) is 1. The number of hydrogen-bond acceptors (Lipinski definition) is 2. The topological polar surface area (TPSA) is 21.3 Å². The molecule has 0 saturated carbocycles. The SMILES string of the molecule is C#CCNCc1ccccc1OC(C)C. The summed E-state index contributed by atoms with van der Waals surface area (Å²) < 4.78 is 5.68. The van der Waals surface area contributed by atoms with Crippen LogP contribution in [0.3, 0.4) is 0 Å². The Labute approximate surface area is 91.6 Å². The Bertz CT molecular complexity index is 339. The molecule has 0 bridgehead atoms. The largest absolute Gasteiger partial charge is 0.491 e. The van der Waals surface area contributed by atoms with E-state index in [0.29, 0.717) is 6.54 Å². The standard InChI is InChI=1S/C13H17NO/c1-4-9-14-10-12-7-5-6-8-13(12)15-11(2)3/h1,5-8,11,14H,9-10H2,2-3H3. The number of terminal acetylenes is 1. The first kappa shape index (κ1) is 11.6. The zero-order valence-electron chi connectivity index (χ0n) is 9.29. The molecule has 1 aromatic carbocycles. The van der Waals surface area contributed by atoms with Gasteiger partial charge in [-0.25, -0.2) is 0 Å². The molecule has 0 unspecified atom stereocenters. The normalized spacial score (nSPS) is 10.0. The average Bonchev–Trinajstić information content (AvgIpc) is 2.20. The van der Waals surface area contributed by atoms with Crippen molar-refractivity contribution >= 4 is 0 Å². The summed E-state index contributed by atoms with van der Waals surface area (Å²) >= 11 is 0. The fourth-order valence-electron chi connectivity index (χ4n) is 1.29. The monoisotopic (exact) mass is 203 g/mol. The molecule has 1 rings (SSSR count). The van der Waals surface area contributed by atoms with E-state index in [2.05, 4.69) is 11.2 Å². The smallest absolute Gasteiger partial charge is 0.124 e. The van der Waals surface area contributed by atoms with E-state index in [1.165, 1.54) is 0 Å². The molecule has 0 aromatic heterocycles. The summed E-state index contributed by atoms with van der Waals surface area (Å²) in [5, 5.41) is 3.15. The first-order valence-corrected chi connectivity index (χ1v) is 5.12. The van der Waals surface area contributed by atoms with E-state index in [-0.39, 0.29) is 6.10 Å². The molecular formula is C13H17NO. The van der Waals surface area contributed by atoms with Crippen molar-refractivity contribution in [3.63, 3.8) is 0 Å². The summed E-state index contributed by atoms with van der Waals surface area (Å²) in [6.45, 7) is 5.36. The van der Waals surface area contributed by atoms with Crippen molar-refractivity contribution in [2.75, 3.05) is 6.54 Å². The van der Waals surface area contributed by atoms with E-state index in [0.717, 1.165) is 17.9 Å². The Balaban J connectivity index is 2.65. The van der Waals surface area contributed by atoms with Crippen LogP contribution in [0.2, 0.25) is 0 Å². The molecule has 0 atom stereocenters. The van der Waals surface area contributed by atoms with Crippen LogP contribution in [-0.4, -0.2) is 12.6 Å². The third-order valence-electron chi connectivity index (χ3n) is 1.88. The molecule has 2 heteroatoms. The molecule has 0 aliphatic rings. The molecule has 0 fully saturated rings. The Morgan fingerprint density at radius 1 is 1.40 bits per heavy atom. The molecule has 0 spiro atoms. The van der Waals surface area contributed by atoms with Gasteiger partial charge in [-0.1, -0.05) is 24.1 Å². The summed E-state index contributed by atoms with van der Waals surface area (Å²) in [5.74, 6) is 3.47. The van der Waals surface area contributed by atoms with Crippen LogP contribution in [0.1, 0.15) is 19.4 Å². The molecule has 0 heterocycles. The zero-order chi connectivity index (χ0) is 11.1. The average molecular weight is 203 g/mol. The minimum atomic E-state index is 0.193. The fraction of sp³-hybridized carbons (Fsp3) is 0.385. The highest BCUT2D eigenvalue weighted by molar-refractivity contribution is 5.33. The summed E-state index contributed by atoms with van der Waals surface area (Å²) in [6, 6.07) is 8.00. The van der Waals surface area contributed by atoms with Crippen molar-refractivity contribution in [1.29, 1.82) is 0 Å². The van der Waals surface area contributed by atoms with Gasteiger partial charge in [-0.05, 0) is 19.9 Å². The lowest BCUT2D eigenvalue weighted by atomic mass is 10.2. The van der Waals surface area contributed by atoms with Gasteiger partial charge in [0.15, 0.2) is 0 Å². The summed E-state index contributed by atoms with van der Waals surface area (Å²) in [7, 11) is 0. The third-order valence-corrected chi connectivity index (χ3v) is 1.88. The number of hydrogen-bond donors (Lipinski definition) is 1. The van der Waals surface area contributed by atoms with Crippen LogP contribution >= 0.6 is 0 Å². The van der Waals surface area contributed by atoms with Gasteiger partial charge >= 0.3 is 0 Å². The second-order valence-corrected chi connectivity index (χ2v) is 3.58. The molecular weight excluding hydrogens is 186 g/mol. The first-order valence-electron chi connectivity index (χ1n) is 5.12. The van der Waals surface area contributed by atoms with E-state index in [9.17, 15) is 0 Å². The highest BCUT2D eigenvalue weighted by atomic mass is 16.5. The van der Waals surface area contributed by atoms with E-state index in [1.54, 1.807) is 0 Å². The maximum Gasteiger partial charge on any atom is 0.124 e. The lowest BCUT2D eigenvalue weighted by Gasteiger charge is -2.14. The molecule has 80 valence electrons. The second-order valence-electron chi connectivity index (χ2n) is 3.58. The van der Waals surface area contributed by atoms with Crippen LogP contribution in [0.5, 0.6) is 5.75 Å².